The first kappa shape index (κ1) is 16.3. The smallest absolute Gasteiger partial charge is 0.248 e. The van der Waals surface area contributed by atoms with Gasteiger partial charge >= 0.3 is 0 Å². The van der Waals surface area contributed by atoms with Crippen molar-refractivity contribution < 1.29 is 4.79 Å². The third-order valence-corrected chi connectivity index (χ3v) is 4.53. The van der Waals surface area contributed by atoms with Crippen molar-refractivity contribution in [1.29, 1.82) is 0 Å². The molecule has 1 aliphatic heterocycles. The highest BCUT2D eigenvalue weighted by molar-refractivity contribution is 6.30. The Hall–Kier alpha value is -2.60. The molecule has 1 aromatic carbocycles. The van der Waals surface area contributed by atoms with Crippen molar-refractivity contribution in [2.75, 3.05) is 5.73 Å². The number of nitrogens with zero attached hydrogens (tertiary/aromatic N) is 2. The van der Waals surface area contributed by atoms with Crippen LogP contribution >= 0.6 is 11.6 Å². The molecule has 3 rings (SSSR count). The van der Waals surface area contributed by atoms with E-state index in [-0.39, 0.29) is 0 Å². The number of anilines is 1. The highest BCUT2D eigenvalue weighted by atomic mass is 35.5. The number of nitrogen functional groups attached to an aromatic ring is 1. The summed E-state index contributed by atoms with van der Waals surface area (Å²) in [5, 5.41) is 3.72. The number of halogens is 1. The van der Waals surface area contributed by atoms with Crippen LogP contribution in [0.1, 0.15) is 30.2 Å². The van der Waals surface area contributed by atoms with Crippen molar-refractivity contribution >= 4 is 28.9 Å². The second-order valence-electron chi connectivity index (χ2n) is 5.74. The summed E-state index contributed by atoms with van der Waals surface area (Å²) < 4.78 is 0. The maximum absolute atomic E-state index is 12.4. The van der Waals surface area contributed by atoms with Gasteiger partial charge in [-0.05, 0) is 35.3 Å². The van der Waals surface area contributed by atoms with E-state index >= 15 is 0 Å². The van der Waals surface area contributed by atoms with Crippen LogP contribution in [0, 0.1) is 0 Å². The lowest BCUT2D eigenvalue weighted by molar-refractivity contribution is -0.124. The van der Waals surface area contributed by atoms with Gasteiger partial charge in [-0.3, -0.25) is 4.79 Å². The maximum atomic E-state index is 12.4. The lowest BCUT2D eigenvalue weighted by Gasteiger charge is -2.29. The molecule has 2 heterocycles. The number of hydrogen-bond donors (Lipinski definition) is 3. The summed E-state index contributed by atoms with van der Waals surface area (Å²) in [7, 11) is 0. The summed E-state index contributed by atoms with van der Waals surface area (Å²) >= 11 is 6.16. The van der Waals surface area contributed by atoms with Crippen molar-refractivity contribution in [3.8, 4) is 0 Å². The van der Waals surface area contributed by atoms with E-state index in [1.807, 2.05) is 19.1 Å². The molecule has 0 radical (unpaired) electrons. The van der Waals surface area contributed by atoms with E-state index in [9.17, 15) is 4.79 Å². The average Bonchev–Trinajstić information content (AvgIpc) is 3.01. The number of nitrogens with two attached hydrogens (primary N) is 2. The van der Waals surface area contributed by atoms with Gasteiger partial charge in [-0.2, -0.15) is 0 Å². The molecule has 0 spiro atoms. The summed E-state index contributed by atoms with van der Waals surface area (Å²) in [5.74, 6) is -0.0952. The van der Waals surface area contributed by atoms with E-state index in [4.69, 9.17) is 23.1 Å². The number of hydrogen-bond acceptors (Lipinski definition) is 5. The monoisotopic (exact) mass is 343 g/mol. The number of nitrogens with one attached hydrogen (secondary N) is 1. The maximum Gasteiger partial charge on any atom is 0.248 e. The van der Waals surface area contributed by atoms with Crippen LogP contribution < -0.4 is 16.8 Å². The molecule has 7 heteroatoms. The van der Waals surface area contributed by atoms with Gasteiger partial charge < -0.3 is 16.8 Å². The number of carbonyl (C=O) groups excluding carboxylic acids is 1. The Morgan fingerprint density at radius 1 is 1.38 bits per heavy atom. The number of rotatable bonds is 4. The van der Waals surface area contributed by atoms with E-state index in [1.54, 1.807) is 18.3 Å². The number of carbonyl (C=O) groups is 1. The Bertz CT molecular complexity index is 835. The van der Waals surface area contributed by atoms with E-state index < -0.39 is 11.4 Å². The Labute approximate surface area is 144 Å². The molecule has 24 heavy (non-hydrogen) atoms. The molecule has 6 nitrogen and oxygen atoms in total. The third kappa shape index (κ3) is 2.69. The zero-order valence-corrected chi connectivity index (χ0v) is 14.0. The number of amides is 1. The fourth-order valence-corrected chi connectivity index (χ4v) is 3.20. The van der Waals surface area contributed by atoms with Crippen molar-refractivity contribution in [3.05, 3.63) is 58.6 Å². The van der Waals surface area contributed by atoms with Gasteiger partial charge in [0.2, 0.25) is 5.91 Å². The zero-order valence-electron chi connectivity index (χ0n) is 13.2. The molecule has 1 aromatic heterocycles. The minimum atomic E-state index is -1.05. The Kier molecular flexibility index (Phi) is 4.15. The first-order chi connectivity index (χ1) is 11.5. The number of aromatic nitrogens is 2. The van der Waals surface area contributed by atoms with E-state index in [1.165, 1.54) is 6.33 Å². The summed E-state index contributed by atoms with van der Waals surface area (Å²) in [6.07, 6.45) is 4.28. The molecular formula is C17H18ClN5O. The molecule has 0 aliphatic carbocycles. The predicted octanol–water partition coefficient (Wildman–Crippen LogP) is 1.99. The van der Waals surface area contributed by atoms with Gasteiger partial charge in [0.05, 0.1) is 5.69 Å². The van der Waals surface area contributed by atoms with Gasteiger partial charge in [0.1, 0.15) is 17.7 Å². The molecule has 0 fully saturated rings. The zero-order chi connectivity index (χ0) is 17.3. The topological polar surface area (TPSA) is 107 Å². The third-order valence-electron chi connectivity index (χ3n) is 4.30. The van der Waals surface area contributed by atoms with Crippen molar-refractivity contribution in [2.45, 2.75) is 25.3 Å². The van der Waals surface area contributed by atoms with E-state index in [2.05, 4.69) is 15.3 Å². The van der Waals surface area contributed by atoms with Gasteiger partial charge in [-0.1, -0.05) is 24.6 Å². The summed E-state index contributed by atoms with van der Waals surface area (Å²) in [5.41, 5.74) is 13.8. The molecular weight excluding hydrogens is 326 g/mol. The van der Waals surface area contributed by atoms with Crippen molar-refractivity contribution in [3.63, 3.8) is 0 Å². The van der Waals surface area contributed by atoms with Crippen LogP contribution in [0.4, 0.5) is 5.82 Å². The molecule has 1 unspecified atom stereocenters. The van der Waals surface area contributed by atoms with Crippen LogP contribution in [0.25, 0.3) is 5.57 Å². The predicted molar refractivity (Wildman–Crippen MR) is 93.9 cm³/mol. The lowest BCUT2D eigenvalue weighted by atomic mass is 9.81. The van der Waals surface area contributed by atoms with Crippen molar-refractivity contribution in [2.24, 2.45) is 5.73 Å². The molecule has 0 bridgehead atoms. The van der Waals surface area contributed by atoms with E-state index in [0.717, 1.165) is 23.1 Å². The van der Waals surface area contributed by atoms with Crippen LogP contribution in [-0.4, -0.2) is 15.9 Å². The molecule has 5 N–H and O–H groups in total. The van der Waals surface area contributed by atoms with Crippen LogP contribution in [0.3, 0.4) is 0 Å². The first-order valence-electron chi connectivity index (χ1n) is 7.59. The molecule has 124 valence electrons. The van der Waals surface area contributed by atoms with Crippen LogP contribution in [-0.2, 0) is 16.8 Å². The summed E-state index contributed by atoms with van der Waals surface area (Å²) in [4.78, 5) is 20.5. The first-order valence-corrected chi connectivity index (χ1v) is 7.97. The molecule has 1 atom stereocenters. The highest BCUT2D eigenvalue weighted by Gasteiger charge is 2.43. The fourth-order valence-electron chi connectivity index (χ4n) is 3.03. The largest absolute Gasteiger partial charge is 0.384 e. The van der Waals surface area contributed by atoms with Crippen LogP contribution in [0.2, 0.25) is 5.02 Å². The highest BCUT2D eigenvalue weighted by Crippen LogP contribution is 2.39. The van der Waals surface area contributed by atoms with Gasteiger partial charge in [-0.15, -0.1) is 0 Å². The molecule has 1 aliphatic rings. The second-order valence-corrected chi connectivity index (χ2v) is 6.18. The Balaban J connectivity index is 2.05. The molecule has 2 aromatic rings. The standard InChI is InChI=1S/C17H18ClN5O/c1-2-10-3-4-12(18)5-13(10)17(16(20)24)7-11(8-23-17)14-6-15(19)22-9-21-14/h3-6,8-9,23H,2,7H2,1H3,(H2,20,24)(H2,19,21,22). The Morgan fingerprint density at radius 2 is 2.17 bits per heavy atom. The molecule has 0 saturated heterocycles. The van der Waals surface area contributed by atoms with Gasteiger partial charge in [0.25, 0.3) is 0 Å². The summed E-state index contributed by atoms with van der Waals surface area (Å²) in [6, 6.07) is 7.20. The average molecular weight is 344 g/mol. The SMILES string of the molecule is CCc1ccc(Cl)cc1C1(C(N)=O)CC(c2cc(N)ncn2)=CN1. The quantitative estimate of drug-likeness (QED) is 0.787. The van der Waals surface area contributed by atoms with Gasteiger partial charge in [0, 0.05) is 23.7 Å². The van der Waals surface area contributed by atoms with Crippen molar-refractivity contribution in [1.82, 2.24) is 15.3 Å². The number of benzene rings is 1. The Morgan fingerprint density at radius 3 is 2.83 bits per heavy atom. The van der Waals surface area contributed by atoms with Crippen LogP contribution in [0.15, 0.2) is 36.8 Å². The second kappa shape index (κ2) is 6.13. The number of primary amides is 1. The fraction of sp³-hybridized carbons (Fsp3) is 0.235. The normalized spacial score (nSPS) is 19.7. The van der Waals surface area contributed by atoms with Crippen LogP contribution in [0.5, 0.6) is 0 Å². The van der Waals surface area contributed by atoms with Gasteiger partial charge in [-0.25, -0.2) is 9.97 Å². The molecule has 0 saturated carbocycles. The van der Waals surface area contributed by atoms with Gasteiger partial charge in [0.15, 0.2) is 0 Å². The van der Waals surface area contributed by atoms with E-state index in [0.29, 0.717) is 23.0 Å². The summed E-state index contributed by atoms with van der Waals surface area (Å²) in [6.45, 7) is 2.02. The minimum absolute atomic E-state index is 0.367. The molecule has 1 amide bonds. The number of aryl methyl sites for hydroxylation is 1. The minimum Gasteiger partial charge on any atom is -0.384 e. The lowest BCUT2D eigenvalue weighted by Crippen LogP contribution is -2.48.